The van der Waals surface area contributed by atoms with Gasteiger partial charge < -0.3 is 9.87 Å². The van der Waals surface area contributed by atoms with E-state index < -0.39 is 10.4 Å². The number of rotatable bonds is 35. The fraction of sp³-hybridized carbons (Fsp3) is 0.951. The summed E-state index contributed by atoms with van der Waals surface area (Å²) < 4.78 is 32.0. The first kappa shape index (κ1) is 49.0. The van der Waals surface area contributed by atoms with Crippen LogP contribution >= 0.6 is 0 Å². The van der Waals surface area contributed by atoms with Crippen molar-refractivity contribution in [3.63, 3.8) is 0 Å². The van der Waals surface area contributed by atoms with Gasteiger partial charge in [0.2, 0.25) is 16.3 Å². The Morgan fingerprint density at radius 1 is 0.660 bits per heavy atom. The summed E-state index contributed by atoms with van der Waals surface area (Å²) in [5.74, 6) is 1.62. The molecule has 1 N–H and O–H groups in total. The molecule has 0 radical (unpaired) electrons. The Hall–Kier alpha value is -1.03. The molecule has 0 fully saturated rings. The number of hydrogen-bond donors (Lipinski definition) is 1. The van der Waals surface area contributed by atoms with Crippen LogP contribution in [0.4, 0.5) is 0 Å². The van der Waals surface area contributed by atoms with E-state index in [-0.39, 0.29) is 5.91 Å². The topological polar surface area (TPSA) is 108 Å². The molecule has 0 spiro atoms. The van der Waals surface area contributed by atoms with Crippen LogP contribution < -0.4 is 5.32 Å². The highest BCUT2D eigenvalue weighted by Crippen LogP contribution is 2.19. The van der Waals surface area contributed by atoms with E-state index in [1.807, 2.05) is 0 Å². The molecule has 0 aromatic heterocycles. The predicted octanol–water partition coefficient (Wildman–Crippen LogP) is 11.2. The second-order valence-electron chi connectivity index (χ2n) is 15.1. The van der Waals surface area contributed by atoms with Crippen LogP contribution in [0.15, 0.2) is 4.99 Å². The summed E-state index contributed by atoms with van der Waals surface area (Å²) in [5.41, 5.74) is 0. The summed E-state index contributed by atoms with van der Waals surface area (Å²) in [7, 11) is -1.27. The number of aliphatic imine (C=N–C) groups is 1. The first-order valence-corrected chi connectivity index (χ1v) is 22.7. The average molecular weight is 730 g/mol. The Morgan fingerprint density at radius 2 is 1.00 bits per heavy atom. The van der Waals surface area contributed by atoms with Gasteiger partial charge in [0, 0.05) is 12.8 Å². The third kappa shape index (κ3) is 32.8. The van der Waals surface area contributed by atoms with Crippen LogP contribution in [0.1, 0.15) is 213 Å². The van der Waals surface area contributed by atoms with Gasteiger partial charge in [0.05, 0.1) is 27.2 Å². The summed E-state index contributed by atoms with van der Waals surface area (Å²) >= 11 is 0. The van der Waals surface area contributed by atoms with Gasteiger partial charge in [-0.3, -0.25) is 13.5 Å². The van der Waals surface area contributed by atoms with E-state index in [9.17, 15) is 17.8 Å². The van der Waals surface area contributed by atoms with E-state index in [0.717, 1.165) is 50.6 Å². The molecule has 1 heterocycles. The number of quaternary nitrogens is 1. The average Bonchev–Trinajstić information content (AvgIpc) is 3.46. The number of unbranched alkanes of at least 4 members (excludes halogenated alkanes) is 27. The fourth-order valence-corrected chi connectivity index (χ4v) is 6.95. The predicted molar refractivity (Wildman–Crippen MR) is 212 cm³/mol. The molecule has 1 aliphatic heterocycles. The van der Waals surface area contributed by atoms with Crippen LogP contribution in [0.3, 0.4) is 0 Å². The van der Waals surface area contributed by atoms with Gasteiger partial charge in [-0.05, 0) is 12.8 Å². The van der Waals surface area contributed by atoms with Crippen LogP contribution in [0.5, 0.6) is 0 Å². The molecular weight excluding hydrogens is 647 g/mol. The van der Waals surface area contributed by atoms with Crippen LogP contribution in [-0.2, 0) is 19.4 Å². The molecule has 1 rings (SSSR count). The number of amidine groups is 1. The monoisotopic (exact) mass is 730 g/mol. The van der Waals surface area contributed by atoms with Crippen LogP contribution in [0, 0.1) is 0 Å². The molecule has 1 aliphatic rings. The normalized spacial score (nSPS) is 15.9. The largest absolute Gasteiger partial charge is 0.726 e. The molecule has 1 atom stereocenters. The Morgan fingerprint density at radius 3 is 1.36 bits per heavy atom. The molecule has 0 aliphatic carbocycles. The molecule has 0 aromatic carbocycles. The van der Waals surface area contributed by atoms with E-state index in [2.05, 4.69) is 30.4 Å². The zero-order valence-electron chi connectivity index (χ0n) is 33.6. The van der Waals surface area contributed by atoms with Crippen molar-refractivity contribution in [2.75, 3.05) is 40.3 Å². The number of carbonyl (C=O) groups is 1. The third-order valence-electron chi connectivity index (χ3n) is 10.4. The summed E-state index contributed by atoms with van der Waals surface area (Å²) in [5, 5.41) is 3.21. The van der Waals surface area contributed by atoms with Gasteiger partial charge in [-0.2, -0.15) is 0 Å². The number of carbonyl (C=O) groups excluding carboxylic acids is 1. The van der Waals surface area contributed by atoms with Crippen LogP contribution in [-0.4, -0.2) is 69.5 Å². The van der Waals surface area contributed by atoms with E-state index in [0.29, 0.717) is 6.42 Å². The number of nitrogens with one attached hydrogen (secondary N) is 1. The smallest absolute Gasteiger partial charge is 0.220 e. The highest BCUT2D eigenvalue weighted by Gasteiger charge is 2.32. The molecule has 8 nitrogen and oxygen atoms in total. The van der Waals surface area contributed by atoms with Crippen LogP contribution in [0.2, 0.25) is 0 Å². The Balaban J connectivity index is 0.00000365. The van der Waals surface area contributed by atoms with Gasteiger partial charge in [0.25, 0.3) is 0 Å². The zero-order chi connectivity index (χ0) is 37.0. The quantitative estimate of drug-likeness (QED) is 0.0302. The third-order valence-corrected chi connectivity index (χ3v) is 10.8. The summed E-state index contributed by atoms with van der Waals surface area (Å²) in [4.78, 5) is 17.3. The highest BCUT2D eigenvalue weighted by molar-refractivity contribution is 7.80. The molecule has 1 unspecified atom stereocenters. The van der Waals surface area contributed by atoms with E-state index in [4.69, 9.17) is 4.99 Å². The second kappa shape index (κ2) is 35.0. The van der Waals surface area contributed by atoms with Crippen molar-refractivity contribution in [2.24, 2.45) is 4.99 Å². The van der Waals surface area contributed by atoms with Gasteiger partial charge in [0.15, 0.2) is 5.84 Å². The molecule has 1 amide bonds. The zero-order valence-corrected chi connectivity index (χ0v) is 34.4. The maximum absolute atomic E-state index is 12.4. The lowest BCUT2D eigenvalue weighted by atomic mass is 10.0. The van der Waals surface area contributed by atoms with E-state index in [1.54, 1.807) is 0 Å². The Labute approximate surface area is 311 Å². The first-order chi connectivity index (χ1) is 24.2. The van der Waals surface area contributed by atoms with Gasteiger partial charge in [-0.15, -0.1) is 0 Å². The minimum absolute atomic E-state index is 0.246. The van der Waals surface area contributed by atoms with E-state index in [1.165, 1.54) is 186 Å². The highest BCUT2D eigenvalue weighted by atomic mass is 32.3. The molecule has 0 saturated heterocycles. The maximum atomic E-state index is 12.4. The van der Waals surface area contributed by atoms with Crippen molar-refractivity contribution in [1.29, 1.82) is 0 Å². The van der Waals surface area contributed by atoms with Gasteiger partial charge in [-0.1, -0.05) is 187 Å². The Kier molecular flexibility index (Phi) is 34.3. The van der Waals surface area contributed by atoms with Crippen molar-refractivity contribution in [3.05, 3.63) is 0 Å². The minimum atomic E-state index is -4.41. The molecular formula is C41H83N3O5S. The maximum Gasteiger partial charge on any atom is 0.220 e. The summed E-state index contributed by atoms with van der Waals surface area (Å²) in [6, 6.07) is 0. The molecule has 0 saturated carbocycles. The number of nitrogens with zero attached hydrogens (tertiary/aromatic N) is 2. The van der Waals surface area contributed by atoms with Gasteiger partial charge in [0.1, 0.15) is 13.1 Å². The van der Waals surface area contributed by atoms with Gasteiger partial charge >= 0.3 is 0 Å². The summed E-state index contributed by atoms with van der Waals surface area (Å²) in [6.45, 7) is 8.41. The molecule has 50 heavy (non-hydrogen) atoms. The summed E-state index contributed by atoms with van der Waals surface area (Å²) in [6.07, 6.45) is 42.0. The second-order valence-corrected chi connectivity index (χ2v) is 16.3. The van der Waals surface area contributed by atoms with Crippen molar-refractivity contribution in [2.45, 2.75) is 213 Å². The Bertz CT molecular complexity index is 899. The SMILES string of the molecule is CCCCCCCCCCCCCCCCCCC1=NCC[N+]1(C)CCNC(=O)CCCCCCCCCCCCCCC.COS(=O)(=O)[O-]. The van der Waals surface area contributed by atoms with Crippen molar-refractivity contribution >= 4 is 22.1 Å². The van der Waals surface area contributed by atoms with Gasteiger partial charge in [-0.25, -0.2) is 13.4 Å². The fourth-order valence-electron chi connectivity index (χ4n) is 6.95. The number of amides is 1. The lowest BCUT2D eigenvalue weighted by molar-refractivity contribution is -0.814. The molecule has 298 valence electrons. The molecule has 0 bridgehead atoms. The van der Waals surface area contributed by atoms with Crippen molar-refractivity contribution < 1.29 is 26.4 Å². The number of hydrogen-bond acceptors (Lipinski definition) is 6. The van der Waals surface area contributed by atoms with Crippen LogP contribution in [0.25, 0.3) is 0 Å². The standard InChI is InChI=1S/C40H79N3O.CH4O4S/c1-4-6-8-10-12-14-16-18-19-20-22-23-25-27-29-31-33-39-41-35-37-43(39,3)38-36-42-40(44)34-32-30-28-26-24-21-17-15-13-11-9-7-5-2;1-5-6(2,3)4/h4-38H2,1-3H3;1H3,(H,2,3,4). The lowest BCUT2D eigenvalue weighted by Crippen LogP contribution is -2.51. The van der Waals surface area contributed by atoms with Crippen molar-refractivity contribution in [3.8, 4) is 0 Å². The van der Waals surface area contributed by atoms with E-state index >= 15 is 0 Å². The number of likely N-dealkylation sites (N-methyl/N-ethyl adjacent to an activating group) is 1. The minimum Gasteiger partial charge on any atom is -0.726 e. The first-order valence-electron chi connectivity index (χ1n) is 21.3. The molecule has 0 aromatic rings. The molecule has 9 heteroatoms. The van der Waals surface area contributed by atoms with Crippen molar-refractivity contribution in [1.82, 2.24) is 5.32 Å². The lowest BCUT2D eigenvalue weighted by Gasteiger charge is -2.30.